The van der Waals surface area contributed by atoms with Crippen LogP contribution in [0, 0.1) is 0 Å². The van der Waals surface area contributed by atoms with Crippen LogP contribution in [0.2, 0.25) is 5.02 Å². The van der Waals surface area contributed by atoms with E-state index in [0.29, 0.717) is 10.7 Å². The summed E-state index contributed by atoms with van der Waals surface area (Å²) in [5.41, 5.74) is 3.24. The first-order valence-corrected chi connectivity index (χ1v) is 12.0. The first kappa shape index (κ1) is 21.4. The van der Waals surface area contributed by atoms with Crippen LogP contribution in [0.1, 0.15) is 29.8 Å². The maximum atomic E-state index is 13.1. The number of rotatable bonds is 5. The number of likely N-dealkylation sites (tertiary alicyclic amines) is 1. The van der Waals surface area contributed by atoms with Crippen LogP contribution in [0.25, 0.3) is 16.8 Å². The SMILES string of the molecule is O=C(c1cn2cc(-c3ccccc3Cl)ccc2n1)N1CCN(CCN2CCCCC2)CC1. The number of fused-ring (bicyclic) bond motifs is 1. The quantitative estimate of drug-likeness (QED) is 0.590. The summed E-state index contributed by atoms with van der Waals surface area (Å²) in [6, 6.07) is 11.7. The van der Waals surface area contributed by atoms with E-state index in [-0.39, 0.29) is 5.91 Å². The molecular formula is C25H30ClN5O. The number of nitrogens with zero attached hydrogens (tertiary/aromatic N) is 5. The van der Waals surface area contributed by atoms with Gasteiger partial charge in [0, 0.05) is 62.2 Å². The molecule has 32 heavy (non-hydrogen) atoms. The highest BCUT2D eigenvalue weighted by atomic mass is 35.5. The largest absolute Gasteiger partial charge is 0.335 e. The fraction of sp³-hybridized carbons (Fsp3) is 0.440. The van der Waals surface area contributed by atoms with Crippen molar-refractivity contribution < 1.29 is 4.79 Å². The van der Waals surface area contributed by atoms with E-state index in [4.69, 9.17) is 11.6 Å². The summed E-state index contributed by atoms with van der Waals surface area (Å²) in [7, 11) is 0. The molecule has 0 radical (unpaired) electrons. The molecule has 4 heterocycles. The zero-order valence-electron chi connectivity index (χ0n) is 18.4. The van der Waals surface area contributed by atoms with Crippen molar-refractivity contribution in [2.75, 3.05) is 52.4 Å². The van der Waals surface area contributed by atoms with Crippen LogP contribution < -0.4 is 0 Å². The molecule has 2 aliphatic heterocycles. The zero-order valence-corrected chi connectivity index (χ0v) is 19.2. The lowest BCUT2D eigenvalue weighted by atomic mass is 10.1. The van der Waals surface area contributed by atoms with Gasteiger partial charge in [-0.25, -0.2) is 4.98 Å². The van der Waals surface area contributed by atoms with Crippen LogP contribution in [0.3, 0.4) is 0 Å². The third kappa shape index (κ3) is 4.68. The molecule has 0 bridgehead atoms. The fourth-order valence-electron chi connectivity index (χ4n) is 4.75. The highest BCUT2D eigenvalue weighted by Gasteiger charge is 2.24. The Balaban J connectivity index is 1.21. The Kier molecular flexibility index (Phi) is 6.44. The number of imidazole rings is 1. The number of benzene rings is 1. The second kappa shape index (κ2) is 9.61. The lowest BCUT2D eigenvalue weighted by Gasteiger charge is -2.36. The van der Waals surface area contributed by atoms with Gasteiger partial charge >= 0.3 is 0 Å². The number of aromatic nitrogens is 2. The third-order valence-corrected chi connectivity index (χ3v) is 7.03. The zero-order chi connectivity index (χ0) is 21.9. The van der Waals surface area contributed by atoms with Gasteiger partial charge in [-0.1, -0.05) is 36.2 Å². The van der Waals surface area contributed by atoms with Gasteiger partial charge in [0.05, 0.1) is 0 Å². The van der Waals surface area contributed by atoms with E-state index in [1.807, 2.05) is 58.1 Å². The van der Waals surface area contributed by atoms with Crippen LogP contribution in [-0.2, 0) is 0 Å². The third-order valence-electron chi connectivity index (χ3n) is 6.70. The molecule has 2 aromatic heterocycles. The maximum absolute atomic E-state index is 13.1. The van der Waals surface area contributed by atoms with Gasteiger partial charge in [0.1, 0.15) is 11.3 Å². The fourth-order valence-corrected chi connectivity index (χ4v) is 5.00. The number of pyridine rings is 1. The van der Waals surface area contributed by atoms with Crippen LogP contribution in [0.5, 0.6) is 0 Å². The molecule has 0 N–H and O–H groups in total. The van der Waals surface area contributed by atoms with Crippen LogP contribution in [0.15, 0.2) is 48.8 Å². The molecule has 0 aliphatic carbocycles. The predicted octanol–water partition coefficient (Wildman–Crippen LogP) is 3.90. The van der Waals surface area contributed by atoms with E-state index in [1.54, 1.807) is 0 Å². The number of halogens is 1. The van der Waals surface area contributed by atoms with Gasteiger partial charge in [-0.05, 0) is 49.7 Å². The molecule has 0 atom stereocenters. The van der Waals surface area contributed by atoms with Gasteiger partial charge in [0.15, 0.2) is 0 Å². The van der Waals surface area contributed by atoms with Crippen LogP contribution in [-0.4, -0.2) is 82.3 Å². The minimum atomic E-state index is 0.0173. The second-order valence-corrected chi connectivity index (χ2v) is 9.23. The summed E-state index contributed by atoms with van der Waals surface area (Å²) in [5, 5.41) is 0.710. The molecule has 1 aromatic carbocycles. The lowest BCUT2D eigenvalue weighted by Crippen LogP contribution is -2.50. The van der Waals surface area contributed by atoms with E-state index in [1.165, 1.54) is 32.4 Å². The number of hydrogen-bond acceptors (Lipinski definition) is 4. The van der Waals surface area contributed by atoms with Crippen molar-refractivity contribution >= 4 is 23.2 Å². The lowest BCUT2D eigenvalue weighted by molar-refractivity contribution is 0.0614. The van der Waals surface area contributed by atoms with E-state index < -0.39 is 0 Å². The van der Waals surface area contributed by atoms with Crippen molar-refractivity contribution in [3.63, 3.8) is 0 Å². The molecule has 2 saturated heterocycles. The monoisotopic (exact) mass is 451 g/mol. The molecule has 0 saturated carbocycles. The number of hydrogen-bond donors (Lipinski definition) is 0. The molecular weight excluding hydrogens is 422 g/mol. The number of piperazine rings is 1. The van der Waals surface area contributed by atoms with E-state index in [2.05, 4.69) is 14.8 Å². The average molecular weight is 452 g/mol. The molecule has 0 unspecified atom stereocenters. The first-order chi connectivity index (χ1) is 15.7. The van der Waals surface area contributed by atoms with E-state index in [9.17, 15) is 4.79 Å². The normalized spacial score (nSPS) is 18.3. The summed E-state index contributed by atoms with van der Waals surface area (Å²) in [5.74, 6) is 0.0173. The molecule has 5 rings (SSSR count). The topological polar surface area (TPSA) is 44.1 Å². The molecule has 0 spiro atoms. The summed E-state index contributed by atoms with van der Waals surface area (Å²) in [6.07, 6.45) is 7.86. The Morgan fingerprint density at radius 1 is 0.844 bits per heavy atom. The minimum absolute atomic E-state index is 0.0173. The van der Waals surface area contributed by atoms with Crippen LogP contribution >= 0.6 is 11.6 Å². The highest BCUT2D eigenvalue weighted by molar-refractivity contribution is 6.33. The number of piperidine rings is 1. The van der Waals surface area contributed by atoms with Gasteiger partial charge in [0.25, 0.3) is 5.91 Å². The Labute approximate surface area is 194 Å². The first-order valence-electron chi connectivity index (χ1n) is 11.6. The molecule has 1 amide bonds. The smallest absolute Gasteiger partial charge is 0.274 e. The van der Waals surface area contributed by atoms with Gasteiger partial charge in [-0.15, -0.1) is 0 Å². The van der Waals surface area contributed by atoms with E-state index in [0.717, 1.165) is 56.0 Å². The van der Waals surface area contributed by atoms with Gasteiger partial charge in [-0.3, -0.25) is 9.69 Å². The molecule has 7 heteroatoms. The van der Waals surface area contributed by atoms with Crippen molar-refractivity contribution in [2.45, 2.75) is 19.3 Å². The van der Waals surface area contributed by atoms with Crippen molar-refractivity contribution in [1.29, 1.82) is 0 Å². The Morgan fingerprint density at radius 3 is 2.31 bits per heavy atom. The summed E-state index contributed by atoms with van der Waals surface area (Å²) >= 11 is 6.35. The molecule has 2 fully saturated rings. The molecule has 168 valence electrons. The average Bonchev–Trinajstić information content (AvgIpc) is 3.27. The molecule has 6 nitrogen and oxygen atoms in total. The van der Waals surface area contributed by atoms with Gasteiger partial charge in [-0.2, -0.15) is 0 Å². The van der Waals surface area contributed by atoms with Crippen molar-refractivity contribution in [2.24, 2.45) is 0 Å². The van der Waals surface area contributed by atoms with Gasteiger partial charge < -0.3 is 14.2 Å². The second-order valence-electron chi connectivity index (χ2n) is 8.83. The van der Waals surface area contributed by atoms with Crippen molar-refractivity contribution in [3.8, 4) is 11.1 Å². The Morgan fingerprint density at radius 2 is 1.56 bits per heavy atom. The highest BCUT2D eigenvalue weighted by Crippen LogP contribution is 2.27. The number of amides is 1. The van der Waals surface area contributed by atoms with Gasteiger partial charge in [0.2, 0.25) is 0 Å². The van der Waals surface area contributed by atoms with Crippen molar-refractivity contribution in [1.82, 2.24) is 24.1 Å². The Bertz CT molecular complexity index is 1080. The summed E-state index contributed by atoms with van der Waals surface area (Å²) in [4.78, 5) is 24.7. The minimum Gasteiger partial charge on any atom is -0.335 e. The van der Waals surface area contributed by atoms with Crippen LogP contribution in [0.4, 0.5) is 0 Å². The molecule has 3 aromatic rings. The maximum Gasteiger partial charge on any atom is 0.274 e. The predicted molar refractivity (Wildman–Crippen MR) is 128 cm³/mol. The molecule has 2 aliphatic rings. The van der Waals surface area contributed by atoms with Crippen molar-refractivity contribution in [3.05, 3.63) is 59.5 Å². The Hall–Kier alpha value is -2.41. The summed E-state index contributed by atoms with van der Waals surface area (Å²) < 4.78 is 1.92. The summed E-state index contributed by atoms with van der Waals surface area (Å²) in [6.45, 7) is 8.12. The standard InChI is InChI=1S/C25H30ClN5O/c26-22-7-3-2-6-21(22)20-8-9-24-27-23(19-31(24)18-20)25(32)30-16-14-29(15-17-30)13-12-28-10-4-1-5-11-28/h2-3,6-9,18-19H,1,4-5,10-17H2. The number of carbonyl (C=O) groups excluding carboxylic acids is 1. The number of carbonyl (C=O) groups is 1. The van der Waals surface area contributed by atoms with E-state index >= 15 is 0 Å².